The summed E-state index contributed by atoms with van der Waals surface area (Å²) >= 11 is 0. The monoisotopic (exact) mass is 664 g/mol. The van der Waals surface area contributed by atoms with Crippen molar-refractivity contribution in [1.82, 2.24) is 24.7 Å². The lowest BCUT2D eigenvalue weighted by atomic mass is 9.99. The Balaban J connectivity index is 1.15. The highest BCUT2D eigenvalue weighted by Gasteiger charge is 2.35. The first kappa shape index (κ1) is 33.3. The molecule has 258 valence electrons. The number of likely N-dealkylation sites (N-methyl/N-ethyl adjacent to an activating group) is 1. The molecule has 2 aromatic carbocycles. The van der Waals surface area contributed by atoms with Gasteiger partial charge in [0.05, 0.1) is 44.0 Å². The van der Waals surface area contributed by atoms with E-state index >= 15 is 0 Å². The number of nitriles is 1. The number of benzene rings is 2. The average Bonchev–Trinajstić information content (AvgIpc) is 3.54. The number of aryl methyl sites for hydroxylation is 1. The van der Waals surface area contributed by atoms with Crippen molar-refractivity contribution in [3.8, 4) is 12.1 Å². The van der Waals surface area contributed by atoms with Crippen LogP contribution in [0.15, 0.2) is 48.6 Å². The van der Waals surface area contributed by atoms with Crippen LogP contribution in [0.3, 0.4) is 0 Å². The lowest BCUT2D eigenvalue weighted by Gasteiger charge is -2.43. The Kier molecular flexibility index (Phi) is 9.98. The SMILES string of the molecule is C=C(CN1CCOCC1)C(=O)N1CCN(c2nc(OC[C@@H]3CCCN3C)nc3c2CCN(c2cccc4cccc(C)c24)C3)C[C@@H]1CC#N. The van der Waals surface area contributed by atoms with Crippen molar-refractivity contribution in [3.05, 3.63) is 65.4 Å². The number of carbonyl (C=O) groups excluding carboxylic acids is 1. The van der Waals surface area contributed by atoms with Gasteiger partial charge in [0.1, 0.15) is 12.4 Å². The van der Waals surface area contributed by atoms with Gasteiger partial charge in [-0.1, -0.05) is 36.9 Å². The van der Waals surface area contributed by atoms with Gasteiger partial charge in [0.25, 0.3) is 5.91 Å². The number of carbonyl (C=O) groups is 1. The molecule has 0 unspecified atom stereocenters. The van der Waals surface area contributed by atoms with Gasteiger partial charge in [-0.3, -0.25) is 9.69 Å². The molecule has 0 spiro atoms. The zero-order chi connectivity index (χ0) is 33.9. The summed E-state index contributed by atoms with van der Waals surface area (Å²) in [5.41, 5.74) is 5.15. The van der Waals surface area contributed by atoms with Crippen molar-refractivity contribution in [2.24, 2.45) is 0 Å². The first-order valence-corrected chi connectivity index (χ1v) is 17.8. The Labute approximate surface area is 289 Å². The van der Waals surface area contributed by atoms with Crippen LogP contribution in [-0.4, -0.2) is 122 Å². The zero-order valence-corrected chi connectivity index (χ0v) is 28.9. The van der Waals surface area contributed by atoms with Crippen molar-refractivity contribution >= 4 is 28.2 Å². The standard InChI is InChI=1S/C38H48N8O3/c1-27-7-4-8-29-9-5-11-34(35(27)29)44-16-13-32-33(25-44)40-38(49-26-31-10-6-15-42(31)3)41-36(32)45-17-18-46(30(24-45)12-14-39)37(47)28(2)23-43-19-21-48-22-20-43/h4-5,7-9,11,30-31H,2,6,10,12-13,15-26H2,1,3H3/t30-,31-/m0/s1. The summed E-state index contributed by atoms with van der Waals surface area (Å²) in [5.74, 6) is 0.803. The van der Waals surface area contributed by atoms with E-state index in [1.54, 1.807) is 0 Å². The third-order valence-electron chi connectivity index (χ3n) is 10.7. The van der Waals surface area contributed by atoms with Gasteiger partial charge in [0.2, 0.25) is 0 Å². The van der Waals surface area contributed by atoms with Crippen LogP contribution >= 0.6 is 0 Å². The first-order valence-electron chi connectivity index (χ1n) is 17.8. The number of nitrogens with zero attached hydrogens (tertiary/aromatic N) is 8. The fraction of sp³-hybridized carbons (Fsp3) is 0.526. The number of amides is 1. The number of ether oxygens (including phenoxy) is 2. The molecule has 0 aliphatic carbocycles. The van der Waals surface area contributed by atoms with E-state index in [0.717, 1.165) is 56.1 Å². The molecule has 0 saturated carbocycles. The highest BCUT2D eigenvalue weighted by atomic mass is 16.5. The maximum Gasteiger partial charge on any atom is 0.318 e. The van der Waals surface area contributed by atoms with Gasteiger partial charge in [-0.2, -0.15) is 15.2 Å². The predicted molar refractivity (Wildman–Crippen MR) is 191 cm³/mol. The minimum atomic E-state index is -0.270. The molecule has 11 heteroatoms. The molecule has 3 saturated heterocycles. The fourth-order valence-electron chi connectivity index (χ4n) is 7.94. The summed E-state index contributed by atoms with van der Waals surface area (Å²) < 4.78 is 11.8. The van der Waals surface area contributed by atoms with E-state index in [4.69, 9.17) is 19.4 Å². The van der Waals surface area contributed by atoms with E-state index in [-0.39, 0.29) is 18.4 Å². The van der Waals surface area contributed by atoms with Gasteiger partial charge < -0.3 is 29.1 Å². The van der Waals surface area contributed by atoms with Crippen LogP contribution in [0.5, 0.6) is 6.01 Å². The number of aromatic nitrogens is 2. The molecule has 0 bridgehead atoms. The topological polar surface area (TPSA) is 101 Å². The number of likely N-dealkylation sites (tertiary alicyclic amines) is 1. The average molecular weight is 665 g/mol. The van der Waals surface area contributed by atoms with E-state index in [0.29, 0.717) is 70.2 Å². The van der Waals surface area contributed by atoms with Gasteiger partial charge in [-0.15, -0.1) is 0 Å². The Morgan fingerprint density at radius 3 is 2.63 bits per heavy atom. The van der Waals surface area contributed by atoms with E-state index in [1.165, 1.54) is 28.4 Å². The Bertz CT molecular complexity index is 1730. The largest absolute Gasteiger partial charge is 0.462 e. The maximum atomic E-state index is 13.7. The third-order valence-corrected chi connectivity index (χ3v) is 10.7. The molecule has 2 atom stereocenters. The van der Waals surface area contributed by atoms with Crippen molar-refractivity contribution in [2.75, 3.05) is 89.0 Å². The van der Waals surface area contributed by atoms with Crippen LogP contribution in [0.25, 0.3) is 10.8 Å². The van der Waals surface area contributed by atoms with Gasteiger partial charge >= 0.3 is 6.01 Å². The number of hydrogen-bond acceptors (Lipinski definition) is 10. The normalized spacial score (nSPS) is 21.9. The number of fused-ring (bicyclic) bond motifs is 2. The molecule has 0 radical (unpaired) electrons. The number of rotatable bonds is 9. The predicted octanol–water partition coefficient (Wildman–Crippen LogP) is 3.79. The second-order valence-corrected chi connectivity index (χ2v) is 13.9. The lowest BCUT2D eigenvalue weighted by Crippen LogP contribution is -2.56. The summed E-state index contributed by atoms with van der Waals surface area (Å²) in [5, 5.41) is 12.3. The van der Waals surface area contributed by atoms with E-state index in [9.17, 15) is 10.1 Å². The van der Waals surface area contributed by atoms with Crippen LogP contribution in [0.2, 0.25) is 0 Å². The number of hydrogen-bond donors (Lipinski definition) is 0. The van der Waals surface area contributed by atoms with Crippen LogP contribution in [0.1, 0.15) is 36.1 Å². The second kappa shape index (κ2) is 14.7. The molecular weight excluding hydrogens is 616 g/mol. The maximum absolute atomic E-state index is 13.7. The lowest BCUT2D eigenvalue weighted by molar-refractivity contribution is -0.130. The van der Waals surface area contributed by atoms with Gasteiger partial charge in [-0.25, -0.2) is 0 Å². The third kappa shape index (κ3) is 7.09. The Morgan fingerprint density at radius 1 is 1.04 bits per heavy atom. The van der Waals surface area contributed by atoms with E-state index < -0.39 is 0 Å². The molecule has 49 heavy (non-hydrogen) atoms. The van der Waals surface area contributed by atoms with Crippen LogP contribution in [0, 0.1) is 18.3 Å². The molecule has 5 heterocycles. The van der Waals surface area contributed by atoms with Gasteiger partial charge in [0.15, 0.2) is 0 Å². The Hall–Kier alpha value is -4.24. The summed E-state index contributed by atoms with van der Waals surface area (Å²) in [6, 6.07) is 15.8. The minimum absolute atomic E-state index is 0.0677. The van der Waals surface area contributed by atoms with Crippen LogP contribution < -0.4 is 14.5 Å². The van der Waals surface area contributed by atoms with Crippen molar-refractivity contribution in [3.63, 3.8) is 0 Å². The number of morpholine rings is 1. The summed E-state index contributed by atoms with van der Waals surface area (Å²) in [4.78, 5) is 34.9. The quantitative estimate of drug-likeness (QED) is 0.314. The molecule has 3 fully saturated rings. The molecule has 7 rings (SSSR count). The molecule has 4 aliphatic rings. The highest BCUT2D eigenvalue weighted by molar-refractivity contribution is 5.97. The molecule has 11 nitrogen and oxygen atoms in total. The fourth-order valence-corrected chi connectivity index (χ4v) is 7.94. The van der Waals surface area contributed by atoms with Gasteiger partial charge in [-0.05, 0) is 56.8 Å². The van der Waals surface area contributed by atoms with Crippen molar-refractivity contribution < 1.29 is 14.3 Å². The Morgan fingerprint density at radius 2 is 1.86 bits per heavy atom. The molecule has 0 N–H and O–H groups in total. The van der Waals surface area contributed by atoms with Gasteiger partial charge in [0, 0.05) is 74.1 Å². The second-order valence-electron chi connectivity index (χ2n) is 13.9. The molecule has 4 aliphatic heterocycles. The highest BCUT2D eigenvalue weighted by Crippen LogP contribution is 2.36. The smallest absolute Gasteiger partial charge is 0.318 e. The number of piperazine rings is 1. The van der Waals surface area contributed by atoms with Crippen molar-refractivity contribution in [1.29, 1.82) is 5.26 Å². The molecule has 1 amide bonds. The zero-order valence-electron chi connectivity index (χ0n) is 28.9. The first-order chi connectivity index (χ1) is 23.9. The number of anilines is 2. The van der Waals surface area contributed by atoms with E-state index in [1.807, 2.05) is 4.90 Å². The molecule has 3 aromatic rings. The summed E-state index contributed by atoms with van der Waals surface area (Å²) in [6.07, 6.45) is 3.30. The molecular formula is C38H48N8O3. The van der Waals surface area contributed by atoms with Crippen molar-refractivity contribution in [2.45, 2.75) is 51.2 Å². The summed E-state index contributed by atoms with van der Waals surface area (Å²) in [6.45, 7) is 14.5. The van der Waals surface area contributed by atoms with Crippen LogP contribution in [0.4, 0.5) is 11.5 Å². The van der Waals surface area contributed by atoms with E-state index in [2.05, 4.69) is 82.6 Å². The molecule has 1 aromatic heterocycles. The summed E-state index contributed by atoms with van der Waals surface area (Å²) in [7, 11) is 2.15. The van der Waals surface area contributed by atoms with Crippen LogP contribution in [-0.2, 0) is 22.5 Å². The minimum Gasteiger partial charge on any atom is -0.462 e.